The van der Waals surface area contributed by atoms with Crippen molar-refractivity contribution in [1.29, 1.82) is 0 Å². The fourth-order valence-electron chi connectivity index (χ4n) is 3.78. The topological polar surface area (TPSA) is 85.1 Å². The lowest BCUT2D eigenvalue weighted by Crippen LogP contribution is -2.48. The summed E-state index contributed by atoms with van der Waals surface area (Å²) in [5, 5.41) is 0.620. The van der Waals surface area contributed by atoms with Crippen LogP contribution in [0, 0.1) is 6.92 Å². The second-order valence-corrected chi connectivity index (χ2v) is 10.1. The van der Waals surface area contributed by atoms with E-state index in [1.807, 2.05) is 25.1 Å². The van der Waals surface area contributed by atoms with E-state index in [2.05, 4.69) is 9.88 Å². The maximum absolute atomic E-state index is 13.3. The fraction of sp³-hybridized carbons (Fsp3) is 0.348. The summed E-state index contributed by atoms with van der Waals surface area (Å²) < 4.78 is 44.4. The van der Waals surface area contributed by atoms with E-state index >= 15 is 0 Å². The van der Waals surface area contributed by atoms with Crippen molar-refractivity contribution in [3.63, 3.8) is 0 Å². The van der Waals surface area contributed by atoms with Crippen LogP contribution in [0.2, 0.25) is 5.02 Å². The van der Waals surface area contributed by atoms with Gasteiger partial charge in [-0.1, -0.05) is 17.7 Å². The molecule has 33 heavy (non-hydrogen) atoms. The third-order valence-corrected chi connectivity index (χ3v) is 7.81. The summed E-state index contributed by atoms with van der Waals surface area (Å²) in [5.41, 5.74) is 1.65. The van der Waals surface area contributed by atoms with Crippen LogP contribution in [0.25, 0.3) is 11.5 Å². The van der Waals surface area contributed by atoms with Gasteiger partial charge in [-0.2, -0.15) is 4.31 Å². The lowest BCUT2D eigenvalue weighted by molar-refractivity contribution is 0.179. The second kappa shape index (κ2) is 9.72. The van der Waals surface area contributed by atoms with E-state index < -0.39 is 10.0 Å². The minimum Gasteiger partial charge on any atom is -0.497 e. The molecular formula is C23H26ClN3O5S. The Morgan fingerprint density at radius 3 is 2.48 bits per heavy atom. The zero-order chi connectivity index (χ0) is 23.6. The van der Waals surface area contributed by atoms with Crippen molar-refractivity contribution in [3.8, 4) is 23.0 Å². The molecule has 1 saturated heterocycles. The quantitative estimate of drug-likeness (QED) is 0.496. The zero-order valence-corrected chi connectivity index (χ0v) is 20.3. The van der Waals surface area contributed by atoms with Crippen molar-refractivity contribution in [2.45, 2.75) is 18.4 Å². The molecule has 0 spiro atoms. The van der Waals surface area contributed by atoms with E-state index in [-0.39, 0.29) is 4.90 Å². The van der Waals surface area contributed by atoms with Gasteiger partial charge < -0.3 is 13.9 Å². The SMILES string of the molecule is COc1ccc(OC)c(S(=O)(=O)N2CCN(Cc3nc(-c4cccc(Cl)c4)oc3C)CC2)c1. The Bertz CT molecular complexity index is 1240. The Morgan fingerprint density at radius 2 is 1.82 bits per heavy atom. The van der Waals surface area contributed by atoms with Crippen LogP contribution in [0.5, 0.6) is 11.5 Å². The van der Waals surface area contributed by atoms with Crippen molar-refractivity contribution in [3.05, 3.63) is 58.9 Å². The molecule has 1 fully saturated rings. The third-order valence-electron chi connectivity index (χ3n) is 5.66. The number of methoxy groups -OCH3 is 2. The predicted molar refractivity (Wildman–Crippen MR) is 125 cm³/mol. The van der Waals surface area contributed by atoms with E-state index in [4.69, 9.17) is 25.5 Å². The second-order valence-electron chi connectivity index (χ2n) is 7.73. The number of ether oxygens (including phenoxy) is 2. The van der Waals surface area contributed by atoms with Gasteiger partial charge in [0, 0.05) is 49.4 Å². The van der Waals surface area contributed by atoms with E-state index in [0.717, 1.165) is 17.0 Å². The molecule has 3 aromatic rings. The summed E-state index contributed by atoms with van der Waals surface area (Å²) in [7, 11) is -0.767. The number of oxazole rings is 1. The maximum atomic E-state index is 13.3. The van der Waals surface area contributed by atoms with Crippen LogP contribution in [0.4, 0.5) is 0 Å². The van der Waals surface area contributed by atoms with Gasteiger partial charge in [0.15, 0.2) is 0 Å². The van der Waals surface area contributed by atoms with E-state index in [0.29, 0.717) is 55.1 Å². The Balaban J connectivity index is 1.45. The van der Waals surface area contributed by atoms with E-state index in [1.165, 1.54) is 24.6 Å². The maximum Gasteiger partial charge on any atom is 0.246 e. The molecule has 0 unspecified atom stereocenters. The van der Waals surface area contributed by atoms with Gasteiger partial charge in [0.1, 0.15) is 22.2 Å². The van der Waals surface area contributed by atoms with Crippen LogP contribution in [-0.4, -0.2) is 63.0 Å². The molecule has 2 aromatic carbocycles. The zero-order valence-electron chi connectivity index (χ0n) is 18.7. The lowest BCUT2D eigenvalue weighted by atomic mass is 10.2. The fourth-order valence-corrected chi connectivity index (χ4v) is 5.57. The van der Waals surface area contributed by atoms with Gasteiger partial charge in [0.25, 0.3) is 0 Å². The summed E-state index contributed by atoms with van der Waals surface area (Å²) in [5.74, 6) is 2.02. The van der Waals surface area contributed by atoms with Crippen LogP contribution in [-0.2, 0) is 16.6 Å². The highest BCUT2D eigenvalue weighted by atomic mass is 35.5. The molecule has 0 bridgehead atoms. The number of rotatable bonds is 7. The number of aromatic nitrogens is 1. The van der Waals surface area contributed by atoms with E-state index in [9.17, 15) is 8.42 Å². The minimum atomic E-state index is -3.72. The summed E-state index contributed by atoms with van der Waals surface area (Å²) in [4.78, 5) is 6.92. The molecule has 10 heteroatoms. The summed E-state index contributed by atoms with van der Waals surface area (Å²) in [6.45, 7) is 4.33. The van der Waals surface area contributed by atoms with Crippen molar-refractivity contribution >= 4 is 21.6 Å². The molecule has 0 radical (unpaired) electrons. The number of halogens is 1. The molecule has 0 atom stereocenters. The number of sulfonamides is 1. The average molecular weight is 492 g/mol. The van der Waals surface area contributed by atoms with Crippen LogP contribution in [0.1, 0.15) is 11.5 Å². The Labute approximate surface area is 198 Å². The average Bonchev–Trinajstić information content (AvgIpc) is 3.19. The van der Waals surface area contributed by atoms with Gasteiger partial charge in [-0.05, 0) is 37.3 Å². The molecule has 0 N–H and O–H groups in total. The number of hydrogen-bond donors (Lipinski definition) is 0. The first-order valence-corrected chi connectivity index (χ1v) is 12.3. The lowest BCUT2D eigenvalue weighted by Gasteiger charge is -2.33. The Kier molecular flexibility index (Phi) is 6.94. The largest absolute Gasteiger partial charge is 0.497 e. The molecule has 0 saturated carbocycles. The van der Waals surface area contributed by atoms with Gasteiger partial charge in [-0.3, -0.25) is 4.90 Å². The van der Waals surface area contributed by atoms with E-state index in [1.54, 1.807) is 18.2 Å². The molecule has 0 aliphatic carbocycles. The molecule has 1 aliphatic heterocycles. The summed E-state index contributed by atoms with van der Waals surface area (Å²) in [6.07, 6.45) is 0. The number of piperazine rings is 1. The molecule has 2 heterocycles. The Hall–Kier alpha value is -2.59. The van der Waals surface area contributed by atoms with Crippen molar-refractivity contribution in [2.24, 2.45) is 0 Å². The first-order valence-electron chi connectivity index (χ1n) is 10.5. The highest BCUT2D eigenvalue weighted by Crippen LogP contribution is 2.31. The number of benzene rings is 2. The van der Waals surface area contributed by atoms with Crippen LogP contribution in [0.15, 0.2) is 51.8 Å². The standard InChI is InChI=1S/C23H26ClN3O5S/c1-16-20(25-23(32-16)17-5-4-6-18(24)13-17)15-26-9-11-27(12-10-26)33(28,29)22-14-19(30-2)7-8-21(22)31-3/h4-8,13-14H,9-12,15H2,1-3H3. The smallest absolute Gasteiger partial charge is 0.246 e. The van der Waals surface area contributed by atoms with Gasteiger partial charge in [0.2, 0.25) is 15.9 Å². The van der Waals surface area contributed by atoms with Crippen molar-refractivity contribution in [1.82, 2.24) is 14.2 Å². The molecule has 1 aromatic heterocycles. The molecule has 0 amide bonds. The molecular weight excluding hydrogens is 466 g/mol. The number of nitrogens with zero attached hydrogens (tertiary/aromatic N) is 3. The van der Waals surface area contributed by atoms with Gasteiger partial charge in [0.05, 0.1) is 19.9 Å². The monoisotopic (exact) mass is 491 g/mol. The van der Waals surface area contributed by atoms with Crippen LogP contribution in [0.3, 0.4) is 0 Å². The summed E-state index contributed by atoms with van der Waals surface area (Å²) in [6, 6.07) is 12.1. The normalized spacial score (nSPS) is 15.5. The Morgan fingerprint density at radius 1 is 1.06 bits per heavy atom. The van der Waals surface area contributed by atoms with Gasteiger partial charge >= 0.3 is 0 Å². The first kappa shape index (κ1) is 23.6. The summed E-state index contributed by atoms with van der Waals surface area (Å²) >= 11 is 6.08. The van der Waals surface area contributed by atoms with Crippen LogP contribution >= 0.6 is 11.6 Å². The molecule has 176 valence electrons. The predicted octanol–water partition coefficient (Wildman–Crippen LogP) is 3.83. The van der Waals surface area contributed by atoms with Gasteiger partial charge in [-0.25, -0.2) is 13.4 Å². The van der Waals surface area contributed by atoms with Crippen molar-refractivity contribution in [2.75, 3.05) is 40.4 Å². The highest BCUT2D eigenvalue weighted by molar-refractivity contribution is 7.89. The molecule has 8 nitrogen and oxygen atoms in total. The number of aryl methyl sites for hydroxylation is 1. The molecule has 4 rings (SSSR count). The van der Waals surface area contributed by atoms with Crippen LogP contribution < -0.4 is 9.47 Å². The molecule has 1 aliphatic rings. The highest BCUT2D eigenvalue weighted by Gasteiger charge is 2.31. The van der Waals surface area contributed by atoms with Gasteiger partial charge in [-0.15, -0.1) is 0 Å². The first-order chi connectivity index (χ1) is 15.8. The number of hydrogen-bond acceptors (Lipinski definition) is 7. The van der Waals surface area contributed by atoms with Crippen molar-refractivity contribution < 1.29 is 22.3 Å². The third kappa shape index (κ3) is 5.01. The minimum absolute atomic E-state index is 0.108.